The van der Waals surface area contributed by atoms with Crippen LogP contribution in [-0.2, 0) is 0 Å². The Hall–Kier alpha value is -2.17. The first-order chi connectivity index (χ1) is 9.20. The van der Waals surface area contributed by atoms with Crippen molar-refractivity contribution in [2.45, 2.75) is 18.9 Å². The van der Waals surface area contributed by atoms with Crippen molar-refractivity contribution >= 4 is 11.6 Å². The first kappa shape index (κ1) is 11.9. The molecule has 5 heteroatoms. The summed E-state index contributed by atoms with van der Waals surface area (Å²) in [5, 5.41) is 0. The van der Waals surface area contributed by atoms with Crippen LogP contribution in [0.2, 0.25) is 0 Å². The molecule has 1 aliphatic heterocycles. The third-order valence-corrected chi connectivity index (χ3v) is 3.35. The summed E-state index contributed by atoms with van der Waals surface area (Å²) in [4.78, 5) is 14.3. The summed E-state index contributed by atoms with van der Waals surface area (Å²) in [7, 11) is 0. The highest BCUT2D eigenvalue weighted by atomic mass is 16.7. The van der Waals surface area contributed by atoms with Gasteiger partial charge in [-0.1, -0.05) is 6.08 Å². The van der Waals surface area contributed by atoms with Crippen molar-refractivity contribution in [3.05, 3.63) is 30.4 Å². The summed E-state index contributed by atoms with van der Waals surface area (Å²) in [6.07, 6.45) is 3.83. The van der Waals surface area contributed by atoms with Crippen molar-refractivity contribution in [1.82, 2.24) is 4.90 Å². The molecule has 5 nitrogen and oxygen atoms in total. The second kappa shape index (κ2) is 4.50. The van der Waals surface area contributed by atoms with Gasteiger partial charge in [0.25, 0.3) is 5.91 Å². The van der Waals surface area contributed by atoms with E-state index in [-0.39, 0.29) is 12.7 Å². The lowest BCUT2D eigenvalue weighted by Crippen LogP contribution is -2.33. The molecule has 0 radical (unpaired) electrons. The van der Waals surface area contributed by atoms with Crippen LogP contribution in [0.5, 0.6) is 11.5 Å². The number of benzene rings is 1. The molecule has 100 valence electrons. The van der Waals surface area contributed by atoms with Gasteiger partial charge in [0.15, 0.2) is 11.5 Å². The largest absolute Gasteiger partial charge is 0.454 e. The summed E-state index contributed by atoms with van der Waals surface area (Å²) in [5.74, 6) is 1.10. The number of anilines is 1. The van der Waals surface area contributed by atoms with Gasteiger partial charge in [0.05, 0.1) is 5.56 Å². The van der Waals surface area contributed by atoms with E-state index in [1.54, 1.807) is 23.1 Å². The molecular weight excluding hydrogens is 244 g/mol. The molecule has 1 amide bonds. The zero-order valence-electron chi connectivity index (χ0n) is 10.6. The molecular formula is C14H16N2O3. The van der Waals surface area contributed by atoms with Crippen LogP contribution < -0.4 is 15.2 Å². The van der Waals surface area contributed by atoms with Gasteiger partial charge in [-0.25, -0.2) is 0 Å². The van der Waals surface area contributed by atoms with Crippen molar-refractivity contribution in [3.8, 4) is 11.5 Å². The summed E-state index contributed by atoms with van der Waals surface area (Å²) in [6, 6.07) is 3.63. The van der Waals surface area contributed by atoms with Crippen molar-refractivity contribution < 1.29 is 14.3 Å². The topological polar surface area (TPSA) is 64.8 Å². The van der Waals surface area contributed by atoms with Gasteiger partial charge < -0.3 is 20.1 Å². The molecule has 2 aliphatic rings. The van der Waals surface area contributed by atoms with Gasteiger partial charge in [-0.3, -0.25) is 4.79 Å². The number of hydrogen-bond acceptors (Lipinski definition) is 4. The Kier molecular flexibility index (Phi) is 2.81. The van der Waals surface area contributed by atoms with E-state index >= 15 is 0 Å². The van der Waals surface area contributed by atoms with E-state index in [0.717, 1.165) is 12.8 Å². The van der Waals surface area contributed by atoms with Gasteiger partial charge >= 0.3 is 0 Å². The highest BCUT2D eigenvalue weighted by molar-refractivity contribution is 6.00. The Labute approximate surface area is 111 Å². The number of ether oxygens (including phenoxy) is 2. The van der Waals surface area contributed by atoms with Crippen LogP contribution >= 0.6 is 0 Å². The van der Waals surface area contributed by atoms with Crippen LogP contribution in [-0.4, -0.2) is 30.2 Å². The highest BCUT2D eigenvalue weighted by Gasteiger charge is 2.33. The average molecular weight is 260 g/mol. The Morgan fingerprint density at radius 2 is 2.11 bits per heavy atom. The number of amides is 1. The molecule has 0 bridgehead atoms. The molecule has 0 spiro atoms. The molecule has 1 aliphatic carbocycles. The minimum absolute atomic E-state index is 0.0711. The maximum Gasteiger partial charge on any atom is 0.256 e. The van der Waals surface area contributed by atoms with Crippen LogP contribution in [0.3, 0.4) is 0 Å². The molecule has 1 heterocycles. The second-order valence-electron chi connectivity index (χ2n) is 4.77. The van der Waals surface area contributed by atoms with Crippen LogP contribution in [0.15, 0.2) is 24.8 Å². The lowest BCUT2D eigenvalue weighted by molar-refractivity contribution is 0.0763. The molecule has 0 aromatic heterocycles. The maximum absolute atomic E-state index is 12.5. The number of nitrogens with zero attached hydrogens (tertiary/aromatic N) is 1. The van der Waals surface area contributed by atoms with Crippen LogP contribution in [0.25, 0.3) is 0 Å². The Bertz CT molecular complexity index is 538. The fraction of sp³-hybridized carbons (Fsp3) is 0.357. The second-order valence-corrected chi connectivity index (χ2v) is 4.77. The quantitative estimate of drug-likeness (QED) is 0.662. The predicted octanol–water partition coefficient (Wildman–Crippen LogP) is 1.79. The standard InChI is InChI=1S/C14H16N2O3/c1-2-5-16(9-3-4-9)14(17)10-6-12-13(7-11(10)15)19-8-18-12/h2,6-7,9H,1,3-5,8,15H2. The number of fused-ring (bicyclic) bond motifs is 1. The number of hydrogen-bond donors (Lipinski definition) is 1. The molecule has 3 rings (SSSR count). The third-order valence-electron chi connectivity index (χ3n) is 3.35. The van der Waals surface area contributed by atoms with E-state index in [1.807, 2.05) is 0 Å². The summed E-state index contributed by atoms with van der Waals surface area (Å²) >= 11 is 0. The van der Waals surface area contributed by atoms with E-state index in [4.69, 9.17) is 15.2 Å². The minimum atomic E-state index is -0.0711. The van der Waals surface area contributed by atoms with Crippen molar-refractivity contribution in [3.63, 3.8) is 0 Å². The predicted molar refractivity (Wildman–Crippen MR) is 71.2 cm³/mol. The number of carbonyl (C=O) groups excluding carboxylic acids is 1. The zero-order chi connectivity index (χ0) is 13.4. The van der Waals surface area contributed by atoms with E-state index in [1.165, 1.54) is 0 Å². The number of nitrogen functional groups attached to an aromatic ring is 1. The van der Waals surface area contributed by atoms with Gasteiger partial charge in [-0.2, -0.15) is 0 Å². The monoisotopic (exact) mass is 260 g/mol. The lowest BCUT2D eigenvalue weighted by Gasteiger charge is -2.21. The van der Waals surface area contributed by atoms with Crippen LogP contribution in [0.4, 0.5) is 5.69 Å². The fourth-order valence-corrected chi connectivity index (χ4v) is 2.22. The highest BCUT2D eigenvalue weighted by Crippen LogP contribution is 2.37. The molecule has 1 saturated carbocycles. The number of rotatable bonds is 4. The Balaban J connectivity index is 1.92. The molecule has 1 fully saturated rings. The number of nitrogens with two attached hydrogens (primary N) is 1. The van der Waals surface area contributed by atoms with Gasteiger partial charge in [0, 0.05) is 24.3 Å². The first-order valence-corrected chi connectivity index (χ1v) is 6.31. The van der Waals surface area contributed by atoms with Crippen molar-refractivity contribution in [2.75, 3.05) is 19.1 Å². The first-order valence-electron chi connectivity index (χ1n) is 6.31. The summed E-state index contributed by atoms with van der Waals surface area (Å²) in [6.45, 7) is 4.41. The lowest BCUT2D eigenvalue weighted by atomic mass is 10.1. The van der Waals surface area contributed by atoms with Crippen molar-refractivity contribution in [1.29, 1.82) is 0 Å². The smallest absolute Gasteiger partial charge is 0.256 e. The van der Waals surface area contributed by atoms with E-state index < -0.39 is 0 Å². The minimum Gasteiger partial charge on any atom is -0.454 e. The SMILES string of the molecule is C=CCN(C(=O)c1cc2c(cc1N)OCO2)C1CC1. The van der Waals surface area contributed by atoms with Gasteiger partial charge in [-0.15, -0.1) is 6.58 Å². The van der Waals surface area contributed by atoms with Gasteiger partial charge in [0.2, 0.25) is 6.79 Å². The van der Waals surface area contributed by atoms with E-state index in [2.05, 4.69) is 6.58 Å². The van der Waals surface area contributed by atoms with E-state index in [0.29, 0.717) is 35.3 Å². The Morgan fingerprint density at radius 3 is 2.74 bits per heavy atom. The Morgan fingerprint density at radius 1 is 1.42 bits per heavy atom. The van der Waals surface area contributed by atoms with Crippen molar-refractivity contribution in [2.24, 2.45) is 0 Å². The fourth-order valence-electron chi connectivity index (χ4n) is 2.22. The molecule has 1 aromatic carbocycles. The maximum atomic E-state index is 12.5. The van der Waals surface area contributed by atoms with E-state index in [9.17, 15) is 4.79 Å². The molecule has 0 unspecified atom stereocenters. The molecule has 1 aromatic rings. The average Bonchev–Trinajstić information content (AvgIpc) is 3.13. The zero-order valence-corrected chi connectivity index (χ0v) is 10.6. The van der Waals surface area contributed by atoms with Crippen LogP contribution in [0.1, 0.15) is 23.2 Å². The third kappa shape index (κ3) is 2.12. The van der Waals surface area contributed by atoms with Gasteiger partial charge in [-0.05, 0) is 18.9 Å². The van der Waals surface area contributed by atoms with Crippen LogP contribution in [0, 0.1) is 0 Å². The molecule has 0 saturated heterocycles. The molecule has 0 atom stereocenters. The van der Waals surface area contributed by atoms with Gasteiger partial charge in [0.1, 0.15) is 0 Å². The summed E-state index contributed by atoms with van der Waals surface area (Å²) in [5.41, 5.74) is 6.83. The summed E-state index contributed by atoms with van der Waals surface area (Å²) < 4.78 is 10.5. The normalized spacial score (nSPS) is 16.2. The number of carbonyl (C=O) groups is 1. The molecule has 19 heavy (non-hydrogen) atoms. The molecule has 2 N–H and O–H groups in total.